The molecule has 2 aromatic rings. The largest absolute Gasteiger partial charge is 0.253 e. The van der Waals surface area contributed by atoms with E-state index in [4.69, 9.17) is 11.6 Å². The van der Waals surface area contributed by atoms with Crippen molar-refractivity contribution >= 4 is 22.6 Å². The number of nitrogens with zero attached hydrogens (tertiary/aromatic N) is 2. The predicted molar refractivity (Wildman–Crippen MR) is 49.3 cm³/mol. The van der Waals surface area contributed by atoms with Gasteiger partial charge in [-0.2, -0.15) is 0 Å². The summed E-state index contributed by atoms with van der Waals surface area (Å²) in [5.41, 5.74) is 2.64. The first-order valence-electron chi connectivity index (χ1n) is 3.64. The van der Waals surface area contributed by atoms with Gasteiger partial charge in [-0.25, -0.2) is 4.98 Å². The minimum Gasteiger partial charge on any atom is -0.253 e. The Labute approximate surface area is 75.2 Å². The summed E-state index contributed by atoms with van der Waals surface area (Å²) >= 11 is 5.80. The fourth-order valence-corrected chi connectivity index (χ4v) is 1.24. The lowest BCUT2D eigenvalue weighted by Crippen LogP contribution is -1.85. The van der Waals surface area contributed by atoms with Crippen LogP contribution >= 0.6 is 11.6 Å². The molecule has 0 spiro atoms. The summed E-state index contributed by atoms with van der Waals surface area (Å²) in [6, 6.07) is 5.49. The van der Waals surface area contributed by atoms with E-state index in [9.17, 15) is 0 Å². The van der Waals surface area contributed by atoms with Gasteiger partial charge in [-0.3, -0.25) is 4.98 Å². The fourth-order valence-electron chi connectivity index (χ4n) is 1.08. The number of hydrogen-bond acceptors (Lipinski definition) is 2. The third kappa shape index (κ3) is 1.25. The first kappa shape index (κ1) is 7.50. The van der Waals surface area contributed by atoms with Gasteiger partial charge in [-0.1, -0.05) is 11.6 Å². The summed E-state index contributed by atoms with van der Waals surface area (Å²) in [6.07, 6.45) is 1.75. The Balaban J connectivity index is 2.80. The zero-order valence-corrected chi connectivity index (χ0v) is 7.34. The van der Waals surface area contributed by atoms with Crippen LogP contribution in [-0.4, -0.2) is 9.97 Å². The first-order chi connectivity index (χ1) is 5.75. The number of hydrogen-bond donors (Lipinski definition) is 0. The fraction of sp³-hybridized carbons (Fsp3) is 0.111. The van der Waals surface area contributed by atoms with Gasteiger partial charge in [0.05, 0.1) is 16.7 Å². The van der Waals surface area contributed by atoms with Crippen molar-refractivity contribution in [2.45, 2.75) is 6.92 Å². The van der Waals surface area contributed by atoms with Gasteiger partial charge in [0.1, 0.15) is 0 Å². The molecule has 2 nitrogen and oxygen atoms in total. The smallest absolute Gasteiger partial charge is 0.0904 e. The van der Waals surface area contributed by atoms with Crippen molar-refractivity contribution in [3.63, 3.8) is 0 Å². The highest BCUT2D eigenvalue weighted by Gasteiger charge is 1.96. The summed E-state index contributed by atoms with van der Waals surface area (Å²) in [5, 5.41) is 0.697. The second-order valence-corrected chi connectivity index (χ2v) is 3.08. The molecule has 0 aliphatic carbocycles. The van der Waals surface area contributed by atoms with E-state index in [1.807, 2.05) is 25.1 Å². The Morgan fingerprint density at radius 2 is 2.08 bits per heavy atom. The minimum atomic E-state index is 0.697. The molecule has 0 saturated carbocycles. The van der Waals surface area contributed by atoms with E-state index in [0.717, 1.165) is 16.7 Å². The van der Waals surface area contributed by atoms with Crippen molar-refractivity contribution in [1.82, 2.24) is 9.97 Å². The van der Waals surface area contributed by atoms with Crippen LogP contribution < -0.4 is 0 Å². The first-order valence-corrected chi connectivity index (χ1v) is 4.02. The van der Waals surface area contributed by atoms with Crippen molar-refractivity contribution in [1.29, 1.82) is 0 Å². The third-order valence-corrected chi connectivity index (χ3v) is 1.86. The van der Waals surface area contributed by atoms with E-state index in [1.165, 1.54) is 0 Å². The van der Waals surface area contributed by atoms with Crippen LogP contribution in [0.4, 0.5) is 0 Å². The van der Waals surface area contributed by atoms with Gasteiger partial charge in [0.15, 0.2) is 0 Å². The molecule has 0 unspecified atom stereocenters. The van der Waals surface area contributed by atoms with E-state index >= 15 is 0 Å². The zero-order chi connectivity index (χ0) is 8.55. The molecule has 0 saturated heterocycles. The lowest BCUT2D eigenvalue weighted by atomic mass is 10.3. The van der Waals surface area contributed by atoms with Crippen molar-refractivity contribution in [2.75, 3.05) is 0 Å². The van der Waals surface area contributed by atoms with Crippen molar-refractivity contribution < 1.29 is 0 Å². The predicted octanol–water partition coefficient (Wildman–Crippen LogP) is 2.59. The molecule has 0 fully saturated rings. The molecule has 2 rings (SSSR count). The second kappa shape index (κ2) is 2.72. The Hall–Kier alpha value is -1.15. The summed E-state index contributed by atoms with van der Waals surface area (Å²) in [4.78, 5) is 8.49. The van der Waals surface area contributed by atoms with E-state index in [1.54, 1.807) is 6.20 Å². The number of rotatable bonds is 0. The third-order valence-electron chi connectivity index (χ3n) is 1.62. The van der Waals surface area contributed by atoms with Gasteiger partial charge in [-0.15, -0.1) is 0 Å². The van der Waals surface area contributed by atoms with E-state index in [2.05, 4.69) is 9.97 Å². The summed E-state index contributed by atoms with van der Waals surface area (Å²) in [5.74, 6) is 0. The standard InChI is InChI=1S/C9H7ClN2/c1-6-5-11-8-3-2-7(10)4-9(8)12-6/h2-5H,1H3. The molecule has 3 heteroatoms. The quantitative estimate of drug-likeness (QED) is 0.620. The average molecular weight is 179 g/mol. The Kier molecular flexibility index (Phi) is 1.70. The van der Waals surface area contributed by atoms with Crippen LogP contribution in [0.5, 0.6) is 0 Å². The van der Waals surface area contributed by atoms with Crippen molar-refractivity contribution in [3.8, 4) is 0 Å². The summed E-state index contributed by atoms with van der Waals surface area (Å²) in [6.45, 7) is 1.91. The molecule has 60 valence electrons. The van der Waals surface area contributed by atoms with Crippen LogP contribution in [0.3, 0.4) is 0 Å². The number of benzene rings is 1. The van der Waals surface area contributed by atoms with Gasteiger partial charge in [0.2, 0.25) is 0 Å². The SMILES string of the molecule is Cc1cnc2ccc(Cl)cc2n1. The van der Waals surface area contributed by atoms with Crippen molar-refractivity contribution in [2.24, 2.45) is 0 Å². The second-order valence-electron chi connectivity index (χ2n) is 2.64. The molecule has 0 aliphatic rings. The molecular formula is C9H7ClN2. The highest BCUT2D eigenvalue weighted by Crippen LogP contribution is 2.15. The lowest BCUT2D eigenvalue weighted by molar-refractivity contribution is 1.19. The Bertz CT molecular complexity index is 389. The zero-order valence-electron chi connectivity index (χ0n) is 6.58. The van der Waals surface area contributed by atoms with Gasteiger partial charge < -0.3 is 0 Å². The average Bonchev–Trinajstić information content (AvgIpc) is 2.03. The van der Waals surface area contributed by atoms with Crippen LogP contribution in [0.1, 0.15) is 5.69 Å². The summed E-state index contributed by atoms with van der Waals surface area (Å²) in [7, 11) is 0. The maximum Gasteiger partial charge on any atom is 0.0904 e. The molecule has 0 aliphatic heterocycles. The maximum atomic E-state index is 5.80. The molecular weight excluding hydrogens is 172 g/mol. The number of halogens is 1. The topological polar surface area (TPSA) is 25.8 Å². The monoisotopic (exact) mass is 178 g/mol. The normalized spacial score (nSPS) is 10.5. The number of aromatic nitrogens is 2. The molecule has 0 radical (unpaired) electrons. The number of fused-ring (bicyclic) bond motifs is 1. The Morgan fingerprint density at radius 3 is 2.92 bits per heavy atom. The van der Waals surface area contributed by atoms with Crippen LogP contribution in [0.25, 0.3) is 11.0 Å². The summed E-state index contributed by atoms with van der Waals surface area (Å²) < 4.78 is 0. The molecule has 12 heavy (non-hydrogen) atoms. The van der Waals surface area contributed by atoms with Gasteiger partial charge in [0, 0.05) is 11.2 Å². The molecule has 1 heterocycles. The molecule has 0 bridgehead atoms. The maximum absolute atomic E-state index is 5.80. The molecule has 1 aromatic carbocycles. The highest BCUT2D eigenvalue weighted by atomic mass is 35.5. The lowest BCUT2D eigenvalue weighted by Gasteiger charge is -1.97. The highest BCUT2D eigenvalue weighted by molar-refractivity contribution is 6.31. The van der Waals surface area contributed by atoms with E-state index < -0.39 is 0 Å². The van der Waals surface area contributed by atoms with Crippen LogP contribution in [0.15, 0.2) is 24.4 Å². The molecule has 0 amide bonds. The van der Waals surface area contributed by atoms with Crippen LogP contribution in [0.2, 0.25) is 5.02 Å². The number of aryl methyl sites for hydroxylation is 1. The van der Waals surface area contributed by atoms with E-state index in [0.29, 0.717) is 5.02 Å². The van der Waals surface area contributed by atoms with Gasteiger partial charge >= 0.3 is 0 Å². The van der Waals surface area contributed by atoms with Crippen LogP contribution in [0, 0.1) is 6.92 Å². The van der Waals surface area contributed by atoms with Gasteiger partial charge in [-0.05, 0) is 25.1 Å². The van der Waals surface area contributed by atoms with Crippen LogP contribution in [-0.2, 0) is 0 Å². The van der Waals surface area contributed by atoms with E-state index in [-0.39, 0.29) is 0 Å². The minimum absolute atomic E-state index is 0.697. The van der Waals surface area contributed by atoms with Gasteiger partial charge in [0.25, 0.3) is 0 Å². The molecule has 0 atom stereocenters. The molecule has 1 aromatic heterocycles. The Morgan fingerprint density at radius 1 is 1.25 bits per heavy atom. The van der Waals surface area contributed by atoms with Crippen molar-refractivity contribution in [3.05, 3.63) is 35.1 Å². The molecule has 0 N–H and O–H groups in total.